The Morgan fingerprint density at radius 1 is 1.11 bits per heavy atom. The number of hydrogen-bond donors (Lipinski definition) is 0. The van der Waals surface area contributed by atoms with Gasteiger partial charge in [-0.25, -0.2) is 0 Å². The maximum Gasteiger partial charge on any atom is -0.0283 e. The van der Waals surface area contributed by atoms with Crippen LogP contribution in [0.2, 0.25) is 0 Å². The first-order valence-corrected chi connectivity index (χ1v) is 3.89. The predicted octanol–water partition coefficient (Wildman–Crippen LogP) is 3.10. The van der Waals surface area contributed by atoms with Crippen molar-refractivity contribution in [2.24, 2.45) is 0 Å². The Bertz CT molecular complexity index is 106. The SMILES string of the molecule is CCC1=C(CC)C[CH]C1. The van der Waals surface area contributed by atoms with Gasteiger partial charge in [-0.1, -0.05) is 25.0 Å². The van der Waals surface area contributed by atoms with E-state index in [0.717, 1.165) is 0 Å². The summed E-state index contributed by atoms with van der Waals surface area (Å²) >= 11 is 0. The van der Waals surface area contributed by atoms with Crippen molar-refractivity contribution in [3.63, 3.8) is 0 Å². The summed E-state index contributed by atoms with van der Waals surface area (Å²) in [4.78, 5) is 0. The quantitative estimate of drug-likeness (QED) is 0.495. The first-order valence-electron chi connectivity index (χ1n) is 3.89. The Balaban J connectivity index is 2.59. The van der Waals surface area contributed by atoms with Gasteiger partial charge in [0, 0.05) is 0 Å². The zero-order valence-electron chi connectivity index (χ0n) is 6.41. The first-order chi connectivity index (χ1) is 4.38. The van der Waals surface area contributed by atoms with Crippen molar-refractivity contribution in [2.75, 3.05) is 0 Å². The van der Waals surface area contributed by atoms with E-state index in [1.54, 1.807) is 11.1 Å². The summed E-state index contributed by atoms with van der Waals surface area (Å²) in [6, 6.07) is 0. The maximum absolute atomic E-state index is 2.39. The molecule has 0 saturated carbocycles. The minimum absolute atomic E-state index is 1.26. The molecule has 51 valence electrons. The number of allylic oxidation sites excluding steroid dienone is 2. The summed E-state index contributed by atoms with van der Waals surface area (Å²) < 4.78 is 0. The Labute approximate surface area is 58.0 Å². The highest BCUT2D eigenvalue weighted by Gasteiger charge is 2.09. The van der Waals surface area contributed by atoms with E-state index in [-0.39, 0.29) is 0 Å². The van der Waals surface area contributed by atoms with Gasteiger partial charge in [0.25, 0.3) is 0 Å². The molecule has 0 atom stereocenters. The van der Waals surface area contributed by atoms with Gasteiger partial charge in [-0.15, -0.1) is 0 Å². The van der Waals surface area contributed by atoms with Gasteiger partial charge in [0.2, 0.25) is 0 Å². The van der Waals surface area contributed by atoms with Gasteiger partial charge in [0.1, 0.15) is 0 Å². The molecule has 0 aliphatic heterocycles. The van der Waals surface area contributed by atoms with Gasteiger partial charge in [0.15, 0.2) is 0 Å². The van der Waals surface area contributed by atoms with Crippen LogP contribution in [-0.2, 0) is 0 Å². The number of rotatable bonds is 2. The molecule has 0 amide bonds. The monoisotopic (exact) mass is 123 g/mol. The summed E-state index contributed by atoms with van der Waals surface area (Å²) in [5.41, 5.74) is 3.38. The smallest absolute Gasteiger partial charge is 0.0283 e. The third kappa shape index (κ3) is 1.35. The molecule has 0 heterocycles. The second kappa shape index (κ2) is 3.05. The number of hydrogen-bond acceptors (Lipinski definition) is 0. The van der Waals surface area contributed by atoms with Crippen LogP contribution in [0, 0.1) is 6.42 Å². The van der Waals surface area contributed by atoms with Crippen LogP contribution in [0.25, 0.3) is 0 Å². The molecule has 0 bridgehead atoms. The molecular weight excluding hydrogens is 108 g/mol. The van der Waals surface area contributed by atoms with E-state index in [1.165, 1.54) is 25.7 Å². The van der Waals surface area contributed by atoms with Crippen molar-refractivity contribution in [2.45, 2.75) is 39.5 Å². The molecule has 0 nitrogen and oxygen atoms in total. The summed E-state index contributed by atoms with van der Waals surface area (Å²) in [7, 11) is 0. The van der Waals surface area contributed by atoms with Gasteiger partial charge in [-0.2, -0.15) is 0 Å². The van der Waals surface area contributed by atoms with Crippen molar-refractivity contribution in [3.05, 3.63) is 17.6 Å². The molecule has 1 rings (SSSR count). The van der Waals surface area contributed by atoms with Crippen LogP contribution in [0.3, 0.4) is 0 Å². The average Bonchev–Trinajstić information content (AvgIpc) is 2.33. The van der Waals surface area contributed by atoms with Crippen molar-refractivity contribution in [1.29, 1.82) is 0 Å². The molecule has 1 aliphatic carbocycles. The summed E-state index contributed by atoms with van der Waals surface area (Å²) in [5, 5.41) is 0. The lowest BCUT2D eigenvalue weighted by molar-refractivity contribution is 0.985. The fraction of sp³-hybridized carbons (Fsp3) is 0.667. The van der Waals surface area contributed by atoms with E-state index in [2.05, 4.69) is 20.3 Å². The van der Waals surface area contributed by atoms with E-state index in [0.29, 0.717) is 0 Å². The van der Waals surface area contributed by atoms with Crippen molar-refractivity contribution >= 4 is 0 Å². The van der Waals surface area contributed by atoms with Crippen LogP contribution >= 0.6 is 0 Å². The highest BCUT2D eigenvalue weighted by Crippen LogP contribution is 2.28. The summed E-state index contributed by atoms with van der Waals surface area (Å²) in [6.07, 6.45) is 7.44. The van der Waals surface area contributed by atoms with Crippen LogP contribution in [0.15, 0.2) is 11.1 Å². The summed E-state index contributed by atoms with van der Waals surface area (Å²) in [5.74, 6) is 0. The molecule has 0 aromatic carbocycles. The largest absolute Gasteiger partial charge is 0.0710 e. The third-order valence-electron chi connectivity index (χ3n) is 2.14. The van der Waals surface area contributed by atoms with Crippen LogP contribution in [0.4, 0.5) is 0 Å². The first kappa shape index (κ1) is 6.85. The normalized spacial score (nSPS) is 19.3. The molecule has 0 spiro atoms. The lowest BCUT2D eigenvalue weighted by Crippen LogP contribution is -1.78. The van der Waals surface area contributed by atoms with E-state index < -0.39 is 0 Å². The van der Waals surface area contributed by atoms with Crippen molar-refractivity contribution < 1.29 is 0 Å². The lowest BCUT2D eigenvalue weighted by Gasteiger charge is -1.99. The Morgan fingerprint density at radius 2 is 1.56 bits per heavy atom. The lowest BCUT2D eigenvalue weighted by atomic mass is 10.1. The van der Waals surface area contributed by atoms with E-state index in [4.69, 9.17) is 0 Å². The van der Waals surface area contributed by atoms with Gasteiger partial charge >= 0.3 is 0 Å². The minimum Gasteiger partial charge on any atom is -0.0710 e. The molecule has 0 saturated heterocycles. The van der Waals surface area contributed by atoms with Crippen LogP contribution in [0.1, 0.15) is 39.5 Å². The molecule has 0 aromatic heterocycles. The fourth-order valence-electron chi connectivity index (χ4n) is 1.50. The van der Waals surface area contributed by atoms with Crippen LogP contribution in [0.5, 0.6) is 0 Å². The Hall–Kier alpha value is -0.260. The van der Waals surface area contributed by atoms with Gasteiger partial charge in [-0.05, 0) is 32.1 Å². The third-order valence-corrected chi connectivity index (χ3v) is 2.14. The minimum atomic E-state index is 1.26. The second-order valence-electron chi connectivity index (χ2n) is 2.61. The van der Waals surface area contributed by atoms with Crippen molar-refractivity contribution in [1.82, 2.24) is 0 Å². The molecule has 9 heavy (non-hydrogen) atoms. The molecule has 0 heteroatoms. The van der Waals surface area contributed by atoms with E-state index >= 15 is 0 Å². The van der Waals surface area contributed by atoms with Crippen molar-refractivity contribution in [3.8, 4) is 0 Å². The molecule has 1 aliphatic rings. The van der Waals surface area contributed by atoms with E-state index in [9.17, 15) is 0 Å². The zero-order valence-corrected chi connectivity index (χ0v) is 6.41. The molecule has 0 N–H and O–H groups in total. The van der Waals surface area contributed by atoms with Gasteiger partial charge < -0.3 is 0 Å². The molecule has 1 radical (unpaired) electrons. The molecular formula is C9H15. The standard InChI is InChI=1S/C9H15/c1-3-8-6-5-7-9(8)4-2/h5H,3-4,6-7H2,1-2H3. The Kier molecular flexibility index (Phi) is 2.32. The highest BCUT2D eigenvalue weighted by molar-refractivity contribution is 5.23. The fourth-order valence-corrected chi connectivity index (χ4v) is 1.50. The zero-order chi connectivity index (χ0) is 6.69. The van der Waals surface area contributed by atoms with Crippen LogP contribution < -0.4 is 0 Å². The molecule has 0 aromatic rings. The second-order valence-corrected chi connectivity index (χ2v) is 2.61. The van der Waals surface area contributed by atoms with E-state index in [1.807, 2.05) is 0 Å². The molecule has 0 unspecified atom stereocenters. The predicted molar refractivity (Wildman–Crippen MR) is 41.1 cm³/mol. The van der Waals surface area contributed by atoms with Crippen LogP contribution in [-0.4, -0.2) is 0 Å². The highest BCUT2D eigenvalue weighted by atomic mass is 14.2. The topological polar surface area (TPSA) is 0 Å². The van der Waals surface area contributed by atoms with Gasteiger partial charge in [-0.3, -0.25) is 0 Å². The summed E-state index contributed by atoms with van der Waals surface area (Å²) in [6.45, 7) is 4.51. The van der Waals surface area contributed by atoms with Gasteiger partial charge in [0.05, 0.1) is 0 Å². The molecule has 0 fully saturated rings. The average molecular weight is 123 g/mol. The Morgan fingerprint density at radius 3 is 1.89 bits per heavy atom. The maximum atomic E-state index is 2.39.